The van der Waals surface area contributed by atoms with Crippen LogP contribution in [0.2, 0.25) is 10.4 Å². The Morgan fingerprint density at radius 2 is 1.86 bits per heavy atom. The molecule has 2 aromatic rings. The predicted molar refractivity (Wildman–Crippen MR) is 53.1 cm³/mol. The van der Waals surface area contributed by atoms with Crippen LogP contribution < -0.4 is 0 Å². The van der Waals surface area contributed by atoms with Gasteiger partial charge in [-0.25, -0.2) is 9.97 Å². The molecule has 70 valence electrons. The van der Waals surface area contributed by atoms with Gasteiger partial charge in [0.25, 0.3) is 0 Å². The van der Waals surface area contributed by atoms with Gasteiger partial charge in [0, 0.05) is 18.5 Å². The quantitative estimate of drug-likeness (QED) is 0.553. The highest BCUT2D eigenvalue weighted by molar-refractivity contribution is 6.32. The average Bonchev–Trinajstić information content (AvgIpc) is 2.18. The van der Waals surface area contributed by atoms with Crippen LogP contribution in [-0.2, 0) is 0 Å². The largest absolute Gasteiger partial charge is 0.261 e. The van der Waals surface area contributed by atoms with Crippen LogP contribution in [0.25, 0.3) is 11.4 Å². The highest BCUT2D eigenvalue weighted by atomic mass is 35.5. The number of hydrogen-bond donors (Lipinski definition) is 0. The van der Waals surface area contributed by atoms with E-state index in [0.29, 0.717) is 11.4 Å². The molecule has 0 unspecified atom stereocenters. The van der Waals surface area contributed by atoms with E-state index >= 15 is 0 Å². The molecule has 2 rings (SSSR count). The summed E-state index contributed by atoms with van der Waals surface area (Å²) in [5.74, 6) is 0. The SMILES string of the molecule is Clc1cc(-c2cnccn2)nc(Cl)n1. The standard InChI is InChI=1S/C8H4Cl2N4/c9-7-3-5(13-8(10)14-7)6-4-11-1-2-12-6/h1-4H. The van der Waals surface area contributed by atoms with E-state index in [2.05, 4.69) is 19.9 Å². The van der Waals surface area contributed by atoms with Crippen molar-refractivity contribution in [2.75, 3.05) is 0 Å². The Balaban J connectivity index is 2.52. The molecule has 2 aromatic heterocycles. The van der Waals surface area contributed by atoms with Crippen molar-refractivity contribution >= 4 is 23.2 Å². The normalized spacial score (nSPS) is 10.1. The molecular formula is C8H4Cl2N4. The monoisotopic (exact) mass is 226 g/mol. The van der Waals surface area contributed by atoms with Gasteiger partial charge >= 0.3 is 0 Å². The lowest BCUT2D eigenvalue weighted by atomic mass is 10.3. The maximum absolute atomic E-state index is 5.72. The van der Waals surface area contributed by atoms with Crippen molar-refractivity contribution in [1.82, 2.24) is 19.9 Å². The molecule has 0 spiro atoms. The summed E-state index contributed by atoms with van der Waals surface area (Å²) >= 11 is 11.4. The van der Waals surface area contributed by atoms with Gasteiger partial charge in [0.05, 0.1) is 11.9 Å². The number of rotatable bonds is 1. The van der Waals surface area contributed by atoms with Gasteiger partial charge in [-0.3, -0.25) is 9.97 Å². The zero-order valence-electron chi connectivity index (χ0n) is 6.85. The van der Waals surface area contributed by atoms with Gasteiger partial charge in [-0.15, -0.1) is 0 Å². The van der Waals surface area contributed by atoms with Gasteiger partial charge in [-0.1, -0.05) is 11.6 Å². The first-order valence-electron chi connectivity index (χ1n) is 3.72. The molecule has 0 N–H and O–H groups in total. The number of hydrogen-bond acceptors (Lipinski definition) is 4. The summed E-state index contributed by atoms with van der Waals surface area (Å²) in [6, 6.07) is 1.58. The molecule has 14 heavy (non-hydrogen) atoms. The number of halogens is 2. The van der Waals surface area contributed by atoms with Crippen LogP contribution in [0.5, 0.6) is 0 Å². The van der Waals surface area contributed by atoms with E-state index in [0.717, 1.165) is 0 Å². The van der Waals surface area contributed by atoms with Crippen molar-refractivity contribution < 1.29 is 0 Å². The Morgan fingerprint density at radius 1 is 1.00 bits per heavy atom. The van der Waals surface area contributed by atoms with Crippen molar-refractivity contribution in [3.8, 4) is 11.4 Å². The Morgan fingerprint density at radius 3 is 2.50 bits per heavy atom. The maximum Gasteiger partial charge on any atom is 0.224 e. The molecule has 0 saturated heterocycles. The minimum atomic E-state index is 0.0955. The lowest BCUT2D eigenvalue weighted by molar-refractivity contribution is 1.13. The summed E-state index contributed by atoms with van der Waals surface area (Å²) in [6.45, 7) is 0. The van der Waals surface area contributed by atoms with E-state index in [1.807, 2.05) is 0 Å². The smallest absolute Gasteiger partial charge is 0.224 e. The minimum absolute atomic E-state index is 0.0955. The number of aromatic nitrogens is 4. The van der Waals surface area contributed by atoms with Gasteiger partial charge in [-0.05, 0) is 11.6 Å². The van der Waals surface area contributed by atoms with Crippen LogP contribution >= 0.6 is 23.2 Å². The van der Waals surface area contributed by atoms with Gasteiger partial charge in [-0.2, -0.15) is 0 Å². The summed E-state index contributed by atoms with van der Waals surface area (Å²) in [7, 11) is 0. The Kier molecular flexibility index (Phi) is 2.56. The zero-order chi connectivity index (χ0) is 9.97. The zero-order valence-corrected chi connectivity index (χ0v) is 8.37. The van der Waals surface area contributed by atoms with Crippen LogP contribution in [0.1, 0.15) is 0 Å². The van der Waals surface area contributed by atoms with Gasteiger partial charge in [0.2, 0.25) is 5.28 Å². The number of nitrogens with zero attached hydrogens (tertiary/aromatic N) is 4. The molecule has 0 aliphatic rings. The molecule has 0 amide bonds. The first-order chi connectivity index (χ1) is 6.75. The fraction of sp³-hybridized carbons (Fsp3) is 0. The van der Waals surface area contributed by atoms with E-state index in [1.54, 1.807) is 24.7 Å². The summed E-state index contributed by atoms with van der Waals surface area (Å²) in [5, 5.41) is 0.379. The van der Waals surface area contributed by atoms with Gasteiger partial charge < -0.3 is 0 Å². The van der Waals surface area contributed by atoms with Crippen LogP contribution in [0, 0.1) is 0 Å². The van der Waals surface area contributed by atoms with Crippen molar-refractivity contribution in [1.29, 1.82) is 0 Å². The van der Waals surface area contributed by atoms with E-state index in [-0.39, 0.29) is 10.4 Å². The third kappa shape index (κ3) is 1.97. The summed E-state index contributed by atoms with van der Waals surface area (Å²) in [4.78, 5) is 15.7. The average molecular weight is 227 g/mol. The van der Waals surface area contributed by atoms with Crippen LogP contribution in [0.15, 0.2) is 24.7 Å². The first-order valence-corrected chi connectivity index (χ1v) is 4.48. The summed E-state index contributed by atoms with van der Waals surface area (Å²) in [5.41, 5.74) is 1.17. The Labute approximate surface area is 90.0 Å². The minimum Gasteiger partial charge on any atom is -0.261 e. The second-order valence-electron chi connectivity index (χ2n) is 2.44. The molecule has 0 aliphatic heterocycles. The second kappa shape index (κ2) is 3.86. The molecular weight excluding hydrogens is 223 g/mol. The van der Waals surface area contributed by atoms with E-state index in [1.165, 1.54) is 0 Å². The van der Waals surface area contributed by atoms with Crippen molar-refractivity contribution in [3.05, 3.63) is 35.1 Å². The fourth-order valence-corrected chi connectivity index (χ4v) is 1.36. The maximum atomic E-state index is 5.72. The van der Waals surface area contributed by atoms with Crippen LogP contribution in [-0.4, -0.2) is 19.9 Å². The molecule has 2 heterocycles. The highest BCUT2D eigenvalue weighted by Crippen LogP contribution is 2.18. The molecule has 0 fully saturated rings. The molecule has 0 atom stereocenters. The van der Waals surface area contributed by atoms with Crippen molar-refractivity contribution in [2.24, 2.45) is 0 Å². The van der Waals surface area contributed by atoms with Gasteiger partial charge in [0.15, 0.2) is 0 Å². The first kappa shape index (κ1) is 9.30. The second-order valence-corrected chi connectivity index (χ2v) is 3.16. The Hall–Kier alpha value is -1.26. The molecule has 0 bridgehead atoms. The molecule has 0 saturated carbocycles. The lowest BCUT2D eigenvalue weighted by Gasteiger charge is -1.99. The topological polar surface area (TPSA) is 51.6 Å². The molecule has 0 aromatic carbocycles. The molecule has 0 aliphatic carbocycles. The molecule has 4 nitrogen and oxygen atoms in total. The third-order valence-corrected chi connectivity index (χ3v) is 1.86. The van der Waals surface area contributed by atoms with Crippen LogP contribution in [0.4, 0.5) is 0 Å². The van der Waals surface area contributed by atoms with Crippen molar-refractivity contribution in [3.63, 3.8) is 0 Å². The summed E-state index contributed by atoms with van der Waals surface area (Å²) < 4.78 is 0. The molecule has 0 radical (unpaired) electrons. The molecule has 6 heteroatoms. The van der Waals surface area contributed by atoms with Crippen molar-refractivity contribution in [2.45, 2.75) is 0 Å². The van der Waals surface area contributed by atoms with E-state index in [9.17, 15) is 0 Å². The van der Waals surface area contributed by atoms with Gasteiger partial charge in [0.1, 0.15) is 10.8 Å². The fourth-order valence-electron chi connectivity index (χ4n) is 0.952. The lowest BCUT2D eigenvalue weighted by Crippen LogP contribution is -1.90. The third-order valence-electron chi connectivity index (χ3n) is 1.49. The predicted octanol–water partition coefficient (Wildman–Crippen LogP) is 2.24. The summed E-state index contributed by atoms with van der Waals surface area (Å²) in [6.07, 6.45) is 4.72. The Bertz CT molecular complexity index is 426. The van der Waals surface area contributed by atoms with Crippen LogP contribution in [0.3, 0.4) is 0 Å². The van der Waals surface area contributed by atoms with E-state index < -0.39 is 0 Å². The van der Waals surface area contributed by atoms with E-state index in [4.69, 9.17) is 23.2 Å². The highest BCUT2D eigenvalue weighted by Gasteiger charge is 2.04.